The van der Waals surface area contributed by atoms with Crippen molar-refractivity contribution in [2.24, 2.45) is 0 Å². The summed E-state index contributed by atoms with van der Waals surface area (Å²) in [5.41, 5.74) is 2.43. The molecule has 0 fully saturated rings. The van der Waals surface area contributed by atoms with Gasteiger partial charge in [0.1, 0.15) is 5.82 Å². The molecule has 0 aliphatic heterocycles. The number of rotatable bonds is 3. The van der Waals surface area contributed by atoms with E-state index in [-0.39, 0.29) is 0 Å². The van der Waals surface area contributed by atoms with Gasteiger partial charge in [-0.15, -0.1) is 0 Å². The van der Waals surface area contributed by atoms with Gasteiger partial charge in [0, 0.05) is 18.7 Å². The molecule has 0 radical (unpaired) electrons. The van der Waals surface area contributed by atoms with Crippen molar-refractivity contribution in [2.75, 3.05) is 7.05 Å². The van der Waals surface area contributed by atoms with E-state index in [0.717, 1.165) is 12.2 Å². The number of nitrogens with one attached hydrogen (secondary N) is 1. The molecule has 0 bridgehead atoms. The molecule has 1 atom stereocenters. The normalized spacial score (nSPS) is 13.3. The molecule has 3 nitrogen and oxygen atoms in total. The standard InChI is InChI=1S/C12H17N3/c1-9-4-5-11-7-14-12(15(11)8-9)6-10(2)13-3/h4-5,7-8,10,13H,6H2,1-3H3. The maximum absolute atomic E-state index is 4.45. The summed E-state index contributed by atoms with van der Waals surface area (Å²) in [6, 6.07) is 4.68. The highest BCUT2D eigenvalue weighted by molar-refractivity contribution is 5.46. The number of likely N-dealkylation sites (N-methyl/N-ethyl adjacent to an activating group) is 1. The van der Waals surface area contributed by atoms with Crippen LogP contribution in [-0.2, 0) is 6.42 Å². The number of fused-ring (bicyclic) bond motifs is 1. The molecule has 1 unspecified atom stereocenters. The number of aromatic nitrogens is 2. The van der Waals surface area contributed by atoms with Crippen LogP contribution in [0, 0.1) is 6.92 Å². The second kappa shape index (κ2) is 4.03. The Morgan fingerprint density at radius 3 is 3.00 bits per heavy atom. The lowest BCUT2D eigenvalue weighted by atomic mass is 10.2. The van der Waals surface area contributed by atoms with Crippen LogP contribution in [0.3, 0.4) is 0 Å². The average molecular weight is 203 g/mol. The number of hydrogen-bond donors (Lipinski definition) is 1. The van der Waals surface area contributed by atoms with Gasteiger partial charge in [-0.3, -0.25) is 0 Å². The van der Waals surface area contributed by atoms with Gasteiger partial charge < -0.3 is 9.72 Å². The Balaban J connectivity index is 2.39. The summed E-state index contributed by atoms with van der Waals surface area (Å²) in [4.78, 5) is 4.45. The molecule has 2 heterocycles. The van der Waals surface area contributed by atoms with E-state index in [1.54, 1.807) is 0 Å². The van der Waals surface area contributed by atoms with Crippen LogP contribution in [0.5, 0.6) is 0 Å². The number of imidazole rings is 1. The van der Waals surface area contributed by atoms with Crippen molar-refractivity contribution in [3.63, 3.8) is 0 Å². The van der Waals surface area contributed by atoms with E-state index in [1.165, 1.54) is 11.1 Å². The topological polar surface area (TPSA) is 29.3 Å². The molecule has 0 saturated carbocycles. The maximum atomic E-state index is 4.45. The Morgan fingerprint density at radius 1 is 1.47 bits per heavy atom. The van der Waals surface area contributed by atoms with E-state index < -0.39 is 0 Å². The monoisotopic (exact) mass is 203 g/mol. The molecule has 0 saturated heterocycles. The van der Waals surface area contributed by atoms with Crippen molar-refractivity contribution >= 4 is 5.52 Å². The van der Waals surface area contributed by atoms with Crippen LogP contribution in [-0.4, -0.2) is 22.5 Å². The van der Waals surface area contributed by atoms with Crippen molar-refractivity contribution in [1.29, 1.82) is 0 Å². The van der Waals surface area contributed by atoms with E-state index >= 15 is 0 Å². The Hall–Kier alpha value is -1.35. The van der Waals surface area contributed by atoms with Crippen LogP contribution >= 0.6 is 0 Å². The third-order valence-electron chi connectivity index (χ3n) is 2.73. The van der Waals surface area contributed by atoms with Crippen LogP contribution in [0.15, 0.2) is 24.5 Å². The first kappa shape index (κ1) is 10.2. The van der Waals surface area contributed by atoms with Crippen LogP contribution in [0.1, 0.15) is 18.3 Å². The third kappa shape index (κ3) is 2.02. The summed E-state index contributed by atoms with van der Waals surface area (Å²) in [5.74, 6) is 1.12. The Morgan fingerprint density at radius 2 is 2.27 bits per heavy atom. The first-order valence-electron chi connectivity index (χ1n) is 5.30. The van der Waals surface area contributed by atoms with Gasteiger partial charge in [-0.05, 0) is 32.5 Å². The minimum absolute atomic E-state index is 0.455. The summed E-state index contributed by atoms with van der Waals surface area (Å²) < 4.78 is 2.17. The fourth-order valence-electron chi connectivity index (χ4n) is 1.68. The molecule has 0 spiro atoms. The van der Waals surface area contributed by atoms with Gasteiger partial charge in [0.2, 0.25) is 0 Å². The van der Waals surface area contributed by atoms with E-state index in [2.05, 4.69) is 46.9 Å². The van der Waals surface area contributed by atoms with Gasteiger partial charge >= 0.3 is 0 Å². The minimum atomic E-state index is 0.455. The van der Waals surface area contributed by atoms with Crippen molar-refractivity contribution in [3.05, 3.63) is 35.9 Å². The molecule has 15 heavy (non-hydrogen) atoms. The summed E-state index contributed by atoms with van der Waals surface area (Å²) in [5, 5.41) is 3.23. The molecule has 2 rings (SSSR count). The Bertz CT molecular complexity index is 459. The molecule has 0 aromatic carbocycles. The first-order chi connectivity index (χ1) is 7.20. The second-order valence-electron chi connectivity index (χ2n) is 4.07. The van der Waals surface area contributed by atoms with E-state index in [1.807, 2.05) is 13.2 Å². The van der Waals surface area contributed by atoms with Crippen molar-refractivity contribution in [3.8, 4) is 0 Å². The van der Waals surface area contributed by atoms with Gasteiger partial charge in [0.15, 0.2) is 0 Å². The lowest BCUT2D eigenvalue weighted by molar-refractivity contribution is 0.589. The SMILES string of the molecule is CNC(C)Cc1ncc2ccc(C)cn12. The number of hydrogen-bond acceptors (Lipinski definition) is 2. The lowest BCUT2D eigenvalue weighted by Gasteiger charge is -2.09. The lowest BCUT2D eigenvalue weighted by Crippen LogP contribution is -2.24. The molecule has 2 aromatic rings. The van der Waals surface area contributed by atoms with Gasteiger partial charge in [0.05, 0.1) is 11.7 Å². The van der Waals surface area contributed by atoms with Crippen LogP contribution in [0.4, 0.5) is 0 Å². The number of aryl methyl sites for hydroxylation is 1. The van der Waals surface area contributed by atoms with Gasteiger partial charge in [0.25, 0.3) is 0 Å². The Kier molecular flexibility index (Phi) is 2.73. The maximum Gasteiger partial charge on any atom is 0.114 e. The number of pyridine rings is 1. The third-order valence-corrected chi connectivity index (χ3v) is 2.73. The van der Waals surface area contributed by atoms with E-state index in [4.69, 9.17) is 0 Å². The van der Waals surface area contributed by atoms with Crippen molar-refractivity contribution < 1.29 is 0 Å². The van der Waals surface area contributed by atoms with E-state index in [9.17, 15) is 0 Å². The summed E-state index contributed by atoms with van der Waals surface area (Å²) in [7, 11) is 1.98. The highest BCUT2D eigenvalue weighted by Crippen LogP contribution is 2.10. The van der Waals surface area contributed by atoms with Crippen molar-refractivity contribution in [1.82, 2.24) is 14.7 Å². The Labute approximate surface area is 90.1 Å². The molecule has 2 aromatic heterocycles. The second-order valence-corrected chi connectivity index (χ2v) is 4.07. The largest absolute Gasteiger partial charge is 0.317 e. The predicted molar refractivity (Wildman–Crippen MR) is 62.2 cm³/mol. The molecule has 1 N–H and O–H groups in total. The minimum Gasteiger partial charge on any atom is -0.317 e. The fourth-order valence-corrected chi connectivity index (χ4v) is 1.68. The van der Waals surface area contributed by atoms with Crippen LogP contribution in [0.25, 0.3) is 5.52 Å². The van der Waals surface area contributed by atoms with Gasteiger partial charge in [-0.2, -0.15) is 0 Å². The zero-order valence-corrected chi connectivity index (χ0v) is 9.49. The zero-order chi connectivity index (χ0) is 10.8. The molecular weight excluding hydrogens is 186 g/mol. The zero-order valence-electron chi connectivity index (χ0n) is 9.49. The molecule has 0 aliphatic carbocycles. The van der Waals surface area contributed by atoms with Gasteiger partial charge in [-0.25, -0.2) is 4.98 Å². The number of nitrogens with zero attached hydrogens (tertiary/aromatic N) is 2. The van der Waals surface area contributed by atoms with Crippen molar-refractivity contribution in [2.45, 2.75) is 26.3 Å². The first-order valence-corrected chi connectivity index (χ1v) is 5.30. The molecule has 0 amide bonds. The highest BCUT2D eigenvalue weighted by atomic mass is 15.0. The van der Waals surface area contributed by atoms with Crippen LogP contribution < -0.4 is 5.32 Å². The quantitative estimate of drug-likeness (QED) is 0.824. The summed E-state index contributed by atoms with van der Waals surface area (Å²) >= 11 is 0. The fraction of sp³-hybridized carbons (Fsp3) is 0.417. The van der Waals surface area contributed by atoms with E-state index in [0.29, 0.717) is 6.04 Å². The molecule has 80 valence electrons. The molecule has 0 aliphatic rings. The smallest absolute Gasteiger partial charge is 0.114 e. The van der Waals surface area contributed by atoms with Gasteiger partial charge in [-0.1, -0.05) is 6.07 Å². The summed E-state index contributed by atoms with van der Waals surface area (Å²) in [6.45, 7) is 4.27. The predicted octanol–water partition coefficient (Wildman–Crippen LogP) is 1.79. The average Bonchev–Trinajstić information content (AvgIpc) is 2.61. The highest BCUT2D eigenvalue weighted by Gasteiger charge is 2.06. The summed E-state index contributed by atoms with van der Waals surface area (Å²) in [6.07, 6.45) is 5.02. The molecular formula is C12H17N3. The van der Waals surface area contributed by atoms with Crippen LogP contribution in [0.2, 0.25) is 0 Å². The molecule has 3 heteroatoms.